The van der Waals surface area contributed by atoms with Crippen molar-refractivity contribution >= 4 is 11.6 Å². The first-order valence-electron chi connectivity index (χ1n) is 7.70. The summed E-state index contributed by atoms with van der Waals surface area (Å²) in [5.41, 5.74) is 1.98. The number of carbonyl (C=O) groups excluding carboxylic acids is 1. The molecular weight excluding hydrogens is 304 g/mol. The normalized spacial score (nSPS) is 10.8. The number of benzene rings is 2. The van der Waals surface area contributed by atoms with Gasteiger partial charge in [-0.25, -0.2) is 4.79 Å². The molecule has 3 rings (SSSR count). The summed E-state index contributed by atoms with van der Waals surface area (Å²) in [6.07, 6.45) is 0. The minimum atomic E-state index is -0.459. The van der Waals surface area contributed by atoms with Gasteiger partial charge in [-0.15, -0.1) is 5.10 Å². The van der Waals surface area contributed by atoms with Gasteiger partial charge in [0.25, 0.3) is 5.91 Å². The van der Waals surface area contributed by atoms with Crippen molar-refractivity contribution in [2.75, 3.05) is 5.32 Å². The largest absolute Gasteiger partial charge is 0.348 e. The molecule has 1 amide bonds. The first-order chi connectivity index (χ1) is 11.5. The Morgan fingerprint density at radius 1 is 1.08 bits per heavy atom. The number of carbonyl (C=O) groups is 1. The zero-order chi connectivity index (χ0) is 17.1. The van der Waals surface area contributed by atoms with Crippen molar-refractivity contribution in [1.29, 1.82) is 0 Å². The molecule has 0 unspecified atom stereocenters. The van der Waals surface area contributed by atoms with E-state index in [0.717, 1.165) is 4.68 Å². The number of amides is 1. The van der Waals surface area contributed by atoms with Crippen molar-refractivity contribution in [3.05, 3.63) is 76.5 Å². The molecule has 3 aromatic rings. The molecule has 0 aliphatic carbocycles. The van der Waals surface area contributed by atoms with Crippen molar-refractivity contribution in [3.63, 3.8) is 0 Å². The van der Waals surface area contributed by atoms with Crippen molar-refractivity contribution < 1.29 is 4.79 Å². The second-order valence-corrected chi connectivity index (χ2v) is 5.76. The zero-order valence-electron chi connectivity index (χ0n) is 13.5. The standard InChI is InChI=1S/C18H18N4O2/c1-12(2)13-8-10-14(11-9-13)19-17(23)16-20-18(24)22(21-16)15-6-4-3-5-7-15/h3-12H,1-2H3,(H,19,23)(H,20,21,24). The summed E-state index contributed by atoms with van der Waals surface area (Å²) in [5.74, 6) is -0.0662. The van der Waals surface area contributed by atoms with Gasteiger partial charge in [0.2, 0.25) is 5.82 Å². The lowest BCUT2D eigenvalue weighted by atomic mass is 10.0. The van der Waals surface area contributed by atoms with Gasteiger partial charge in [0.15, 0.2) is 0 Å². The van der Waals surface area contributed by atoms with Crippen LogP contribution in [-0.2, 0) is 0 Å². The second kappa shape index (κ2) is 6.54. The van der Waals surface area contributed by atoms with Crippen molar-refractivity contribution in [1.82, 2.24) is 14.8 Å². The first kappa shape index (κ1) is 15.7. The van der Waals surface area contributed by atoms with E-state index < -0.39 is 11.6 Å². The monoisotopic (exact) mass is 322 g/mol. The van der Waals surface area contributed by atoms with Gasteiger partial charge in [-0.05, 0) is 35.7 Å². The highest BCUT2D eigenvalue weighted by atomic mass is 16.2. The van der Waals surface area contributed by atoms with E-state index in [-0.39, 0.29) is 5.82 Å². The average molecular weight is 322 g/mol. The van der Waals surface area contributed by atoms with E-state index in [1.54, 1.807) is 24.3 Å². The molecular formula is C18H18N4O2. The Labute approximate surface area is 139 Å². The quantitative estimate of drug-likeness (QED) is 0.775. The highest BCUT2D eigenvalue weighted by Gasteiger charge is 2.14. The SMILES string of the molecule is CC(C)c1ccc(NC(=O)c2nn(-c3ccccc3)c(=O)[nH]2)cc1. The molecule has 0 aliphatic rings. The minimum Gasteiger partial charge on any atom is -0.319 e. The Hall–Kier alpha value is -3.15. The maximum atomic E-state index is 12.3. The number of aromatic nitrogens is 3. The van der Waals surface area contributed by atoms with Gasteiger partial charge in [0, 0.05) is 5.69 Å². The predicted octanol–water partition coefficient (Wildman–Crippen LogP) is 2.94. The third kappa shape index (κ3) is 3.27. The molecule has 0 aliphatic heterocycles. The maximum Gasteiger partial charge on any atom is 0.348 e. The Morgan fingerprint density at radius 2 is 1.75 bits per heavy atom. The van der Waals surface area contributed by atoms with Gasteiger partial charge in [0.05, 0.1) is 5.69 Å². The smallest absolute Gasteiger partial charge is 0.319 e. The van der Waals surface area contributed by atoms with E-state index >= 15 is 0 Å². The molecule has 0 radical (unpaired) electrons. The number of para-hydroxylation sites is 1. The van der Waals surface area contributed by atoms with E-state index in [9.17, 15) is 9.59 Å². The molecule has 24 heavy (non-hydrogen) atoms. The maximum absolute atomic E-state index is 12.3. The molecule has 0 bridgehead atoms. The average Bonchev–Trinajstić information content (AvgIpc) is 2.98. The molecule has 0 fully saturated rings. The summed E-state index contributed by atoms with van der Waals surface area (Å²) < 4.78 is 1.16. The fraction of sp³-hybridized carbons (Fsp3) is 0.167. The van der Waals surface area contributed by atoms with Gasteiger partial charge in [-0.1, -0.05) is 44.2 Å². The number of nitrogens with zero attached hydrogens (tertiary/aromatic N) is 2. The first-order valence-corrected chi connectivity index (χ1v) is 7.70. The third-order valence-electron chi connectivity index (χ3n) is 3.67. The van der Waals surface area contributed by atoms with Gasteiger partial charge in [-0.3, -0.25) is 9.78 Å². The summed E-state index contributed by atoms with van der Waals surface area (Å²) in [4.78, 5) is 26.7. The molecule has 1 heterocycles. The number of rotatable bonds is 4. The predicted molar refractivity (Wildman–Crippen MR) is 92.7 cm³/mol. The number of nitrogens with one attached hydrogen (secondary N) is 2. The van der Waals surface area contributed by atoms with E-state index in [1.807, 2.05) is 30.3 Å². The third-order valence-corrected chi connectivity index (χ3v) is 3.67. The summed E-state index contributed by atoms with van der Waals surface area (Å²) >= 11 is 0. The summed E-state index contributed by atoms with van der Waals surface area (Å²) in [7, 11) is 0. The van der Waals surface area contributed by atoms with Gasteiger partial charge >= 0.3 is 5.69 Å². The molecule has 122 valence electrons. The van der Waals surface area contributed by atoms with Crippen LogP contribution in [0.3, 0.4) is 0 Å². The van der Waals surface area contributed by atoms with Gasteiger partial charge < -0.3 is 5.32 Å². The Morgan fingerprint density at radius 3 is 2.38 bits per heavy atom. The van der Waals surface area contributed by atoms with Crippen LogP contribution in [0.1, 0.15) is 35.9 Å². The number of anilines is 1. The Balaban J connectivity index is 1.80. The van der Waals surface area contributed by atoms with E-state index in [1.165, 1.54) is 5.56 Å². The van der Waals surface area contributed by atoms with Gasteiger partial charge in [0.1, 0.15) is 0 Å². The number of hydrogen-bond acceptors (Lipinski definition) is 3. The van der Waals surface area contributed by atoms with Crippen molar-refractivity contribution in [2.45, 2.75) is 19.8 Å². The highest BCUT2D eigenvalue weighted by Crippen LogP contribution is 2.17. The van der Waals surface area contributed by atoms with Crippen LogP contribution in [0.25, 0.3) is 5.69 Å². The summed E-state index contributed by atoms with van der Waals surface area (Å²) in [6, 6.07) is 16.5. The molecule has 6 nitrogen and oxygen atoms in total. The van der Waals surface area contributed by atoms with Crippen molar-refractivity contribution in [3.8, 4) is 5.69 Å². The summed E-state index contributed by atoms with van der Waals surface area (Å²) in [6.45, 7) is 4.21. The van der Waals surface area contributed by atoms with Crippen LogP contribution in [0.5, 0.6) is 0 Å². The zero-order valence-corrected chi connectivity index (χ0v) is 13.5. The molecule has 2 aromatic carbocycles. The van der Waals surface area contributed by atoms with Crippen LogP contribution in [-0.4, -0.2) is 20.7 Å². The van der Waals surface area contributed by atoms with Crippen molar-refractivity contribution in [2.24, 2.45) is 0 Å². The van der Waals surface area contributed by atoms with E-state index in [2.05, 4.69) is 29.2 Å². The molecule has 6 heteroatoms. The van der Waals surface area contributed by atoms with Crippen LogP contribution in [0.4, 0.5) is 5.69 Å². The molecule has 1 aromatic heterocycles. The van der Waals surface area contributed by atoms with E-state index in [0.29, 0.717) is 17.3 Å². The van der Waals surface area contributed by atoms with Crippen LogP contribution in [0.15, 0.2) is 59.4 Å². The van der Waals surface area contributed by atoms with E-state index in [4.69, 9.17) is 0 Å². The Kier molecular flexibility index (Phi) is 4.29. The van der Waals surface area contributed by atoms with Gasteiger partial charge in [-0.2, -0.15) is 4.68 Å². The van der Waals surface area contributed by atoms with Crippen LogP contribution in [0, 0.1) is 0 Å². The lowest BCUT2D eigenvalue weighted by Crippen LogP contribution is -2.15. The number of aromatic amines is 1. The van der Waals surface area contributed by atoms with Crippen LogP contribution >= 0.6 is 0 Å². The molecule has 0 spiro atoms. The number of H-pyrrole nitrogens is 1. The lowest BCUT2D eigenvalue weighted by molar-refractivity contribution is 0.101. The topological polar surface area (TPSA) is 79.8 Å². The molecule has 0 atom stereocenters. The fourth-order valence-electron chi connectivity index (χ4n) is 2.31. The minimum absolute atomic E-state index is 0.0308. The lowest BCUT2D eigenvalue weighted by Gasteiger charge is -2.07. The number of hydrogen-bond donors (Lipinski definition) is 2. The molecule has 0 saturated carbocycles. The Bertz CT molecular complexity index is 893. The van der Waals surface area contributed by atoms with Crippen LogP contribution in [0.2, 0.25) is 0 Å². The highest BCUT2D eigenvalue weighted by molar-refractivity contribution is 6.01. The summed E-state index contributed by atoms with van der Waals surface area (Å²) in [5, 5.41) is 6.79. The van der Waals surface area contributed by atoms with Crippen LogP contribution < -0.4 is 11.0 Å². The fourth-order valence-corrected chi connectivity index (χ4v) is 2.31. The molecule has 0 saturated heterocycles. The molecule has 2 N–H and O–H groups in total. The second-order valence-electron chi connectivity index (χ2n) is 5.76.